The number of methoxy groups -OCH3 is 2. The van der Waals surface area contributed by atoms with Crippen LogP contribution in [0.15, 0.2) is 41.3 Å². The Morgan fingerprint density at radius 1 is 1.14 bits per heavy atom. The molecule has 0 spiro atoms. The third-order valence-corrected chi connectivity index (χ3v) is 7.93. The predicted octanol–water partition coefficient (Wildman–Crippen LogP) is 1.74. The zero-order valence-corrected chi connectivity index (χ0v) is 21.1. The van der Waals surface area contributed by atoms with Gasteiger partial charge in [0.25, 0.3) is 0 Å². The van der Waals surface area contributed by atoms with Crippen molar-refractivity contribution in [3.63, 3.8) is 0 Å². The van der Waals surface area contributed by atoms with E-state index in [-0.39, 0.29) is 50.2 Å². The number of ether oxygens (including phenoxy) is 3. The van der Waals surface area contributed by atoms with E-state index in [9.17, 15) is 27.9 Å². The number of nitrogens with zero attached hydrogens (tertiary/aromatic N) is 1. The highest BCUT2D eigenvalue weighted by Gasteiger charge is 2.47. The second kappa shape index (κ2) is 12.8. The summed E-state index contributed by atoms with van der Waals surface area (Å²) in [5.41, 5.74) is -0.744. The van der Waals surface area contributed by atoms with Gasteiger partial charge in [-0.05, 0) is 44.7 Å². The molecule has 0 bridgehead atoms. The van der Waals surface area contributed by atoms with Gasteiger partial charge in [-0.15, -0.1) is 0 Å². The maximum Gasteiger partial charge on any atom is 0.323 e. The number of benzene rings is 1. The molecule has 35 heavy (non-hydrogen) atoms. The van der Waals surface area contributed by atoms with Gasteiger partial charge in [0.15, 0.2) is 5.41 Å². The lowest BCUT2D eigenvalue weighted by atomic mass is 9.79. The standard InChI is InChI=1S/C24H33NO9S/c1-18-9-11-20(12-10-18)35(30,31)25-15-6-4-5-13-24(22(28)32-2,23(29)33-3)14-7-8-21(27)34-17-19(25)16-26/h4-5,9-12,19,26H,6-8,13-17H2,1-3H3/b5-4+. The molecule has 1 heterocycles. The molecule has 10 nitrogen and oxygen atoms in total. The minimum absolute atomic E-state index is 0.00312. The number of hydrogen-bond donors (Lipinski definition) is 1. The Hall–Kier alpha value is -2.76. The first-order valence-electron chi connectivity index (χ1n) is 11.3. The van der Waals surface area contributed by atoms with Gasteiger partial charge in [-0.25, -0.2) is 8.42 Å². The largest absolute Gasteiger partial charge is 0.468 e. The van der Waals surface area contributed by atoms with E-state index >= 15 is 0 Å². The van der Waals surface area contributed by atoms with Gasteiger partial charge in [-0.1, -0.05) is 29.8 Å². The zero-order valence-electron chi connectivity index (χ0n) is 20.3. The molecular weight excluding hydrogens is 478 g/mol. The monoisotopic (exact) mass is 511 g/mol. The fraction of sp³-hybridized carbons (Fsp3) is 0.542. The average molecular weight is 512 g/mol. The Kier molecular flexibility index (Phi) is 10.4. The minimum atomic E-state index is -4.02. The highest BCUT2D eigenvalue weighted by molar-refractivity contribution is 7.89. The van der Waals surface area contributed by atoms with Crippen LogP contribution in [0, 0.1) is 12.3 Å². The van der Waals surface area contributed by atoms with Crippen molar-refractivity contribution in [3.05, 3.63) is 42.0 Å². The molecule has 1 aromatic carbocycles. The van der Waals surface area contributed by atoms with Gasteiger partial charge >= 0.3 is 17.9 Å². The van der Waals surface area contributed by atoms with Crippen LogP contribution in [0.3, 0.4) is 0 Å². The zero-order chi connectivity index (χ0) is 26.1. The SMILES string of the molecule is COC(=O)C1(C(=O)OC)C/C=C/CCN(S(=O)(=O)c2ccc(C)cc2)C(CO)COC(=O)CCC1. The van der Waals surface area contributed by atoms with Crippen molar-refractivity contribution in [2.45, 2.75) is 50.0 Å². The van der Waals surface area contributed by atoms with Gasteiger partial charge in [0, 0.05) is 13.0 Å². The van der Waals surface area contributed by atoms with Crippen LogP contribution in [0.1, 0.15) is 37.7 Å². The van der Waals surface area contributed by atoms with E-state index in [4.69, 9.17) is 14.2 Å². The molecule has 1 aromatic rings. The highest BCUT2D eigenvalue weighted by atomic mass is 32.2. The molecule has 0 aliphatic carbocycles. The van der Waals surface area contributed by atoms with E-state index in [1.54, 1.807) is 24.3 Å². The van der Waals surface area contributed by atoms with Crippen LogP contribution < -0.4 is 0 Å². The van der Waals surface area contributed by atoms with Crippen molar-refractivity contribution >= 4 is 27.9 Å². The third-order valence-electron chi connectivity index (χ3n) is 5.97. The Morgan fingerprint density at radius 3 is 2.34 bits per heavy atom. The summed E-state index contributed by atoms with van der Waals surface area (Å²) in [7, 11) is -1.69. The number of rotatable bonds is 5. The molecule has 0 fully saturated rings. The predicted molar refractivity (Wildman–Crippen MR) is 126 cm³/mol. The summed E-state index contributed by atoms with van der Waals surface area (Å²) in [6, 6.07) is 5.32. The number of aliphatic hydroxyl groups is 1. The van der Waals surface area contributed by atoms with Crippen molar-refractivity contribution < 1.29 is 42.1 Å². The highest BCUT2D eigenvalue weighted by Crippen LogP contribution is 2.33. The van der Waals surface area contributed by atoms with E-state index in [0.717, 1.165) is 9.87 Å². The number of sulfonamides is 1. The van der Waals surface area contributed by atoms with Gasteiger partial charge in [-0.3, -0.25) is 14.4 Å². The maximum atomic E-state index is 13.4. The maximum absolute atomic E-state index is 13.4. The molecule has 1 N–H and O–H groups in total. The van der Waals surface area contributed by atoms with Crippen LogP contribution in [0.4, 0.5) is 0 Å². The second-order valence-corrected chi connectivity index (χ2v) is 10.2. The van der Waals surface area contributed by atoms with E-state index in [0.29, 0.717) is 0 Å². The Balaban J connectivity index is 2.40. The topological polar surface area (TPSA) is 137 Å². The summed E-state index contributed by atoms with van der Waals surface area (Å²) < 4.78 is 42.8. The lowest BCUT2D eigenvalue weighted by Gasteiger charge is -2.30. The first-order valence-corrected chi connectivity index (χ1v) is 12.7. The molecule has 1 aliphatic rings. The molecular formula is C24H33NO9S. The molecule has 1 atom stereocenters. The van der Waals surface area contributed by atoms with Crippen LogP contribution in [-0.4, -0.2) is 75.8 Å². The second-order valence-electron chi connectivity index (χ2n) is 8.33. The molecule has 0 radical (unpaired) electrons. The summed E-state index contributed by atoms with van der Waals surface area (Å²) in [4.78, 5) is 37.5. The molecule has 0 saturated heterocycles. The van der Waals surface area contributed by atoms with Gasteiger partial charge in [0.1, 0.15) is 6.61 Å². The van der Waals surface area contributed by atoms with E-state index in [2.05, 4.69) is 0 Å². The quantitative estimate of drug-likeness (QED) is 0.271. The Bertz CT molecular complexity index is 1000. The van der Waals surface area contributed by atoms with Gasteiger partial charge < -0.3 is 19.3 Å². The molecule has 0 saturated carbocycles. The van der Waals surface area contributed by atoms with Crippen molar-refractivity contribution in [2.24, 2.45) is 5.41 Å². The number of cyclic esters (lactones) is 1. The number of esters is 3. The van der Waals surface area contributed by atoms with E-state index < -0.39 is 46.0 Å². The van der Waals surface area contributed by atoms with Crippen LogP contribution in [-0.2, 0) is 38.6 Å². The summed E-state index contributed by atoms with van der Waals surface area (Å²) >= 11 is 0. The van der Waals surface area contributed by atoms with Crippen molar-refractivity contribution in [2.75, 3.05) is 34.0 Å². The van der Waals surface area contributed by atoms with E-state index in [1.807, 2.05) is 6.92 Å². The summed E-state index contributed by atoms with van der Waals surface area (Å²) in [5, 5.41) is 9.93. The average Bonchev–Trinajstić information content (AvgIpc) is 2.85. The number of carbonyl (C=O) groups excluding carboxylic acids is 3. The molecule has 2 rings (SSSR count). The molecule has 1 unspecified atom stereocenters. The van der Waals surface area contributed by atoms with E-state index in [1.165, 1.54) is 26.4 Å². The first kappa shape index (κ1) is 28.5. The van der Waals surface area contributed by atoms with Crippen LogP contribution in [0.5, 0.6) is 0 Å². The number of aryl methyl sites for hydroxylation is 1. The van der Waals surface area contributed by atoms with Crippen LogP contribution in [0.25, 0.3) is 0 Å². The fourth-order valence-corrected chi connectivity index (χ4v) is 5.54. The lowest BCUT2D eigenvalue weighted by Crippen LogP contribution is -2.46. The summed E-state index contributed by atoms with van der Waals surface area (Å²) in [5.74, 6) is -2.20. The molecule has 1 aliphatic heterocycles. The van der Waals surface area contributed by atoms with Gasteiger partial charge in [0.2, 0.25) is 10.0 Å². The number of allylic oxidation sites excluding steroid dienone is 1. The van der Waals surface area contributed by atoms with Gasteiger partial charge in [0.05, 0.1) is 31.8 Å². The minimum Gasteiger partial charge on any atom is -0.468 e. The molecule has 0 aromatic heterocycles. The number of aliphatic hydroxyl groups excluding tert-OH is 1. The first-order chi connectivity index (χ1) is 16.6. The summed E-state index contributed by atoms with van der Waals surface area (Å²) in [6.45, 7) is 0.916. The number of carbonyl (C=O) groups is 3. The normalized spacial score (nSPS) is 21.3. The number of hydrogen-bond acceptors (Lipinski definition) is 9. The molecule has 194 valence electrons. The molecule has 0 amide bonds. The smallest absolute Gasteiger partial charge is 0.323 e. The van der Waals surface area contributed by atoms with Crippen molar-refractivity contribution in [3.8, 4) is 0 Å². The van der Waals surface area contributed by atoms with Crippen LogP contribution >= 0.6 is 0 Å². The van der Waals surface area contributed by atoms with Crippen molar-refractivity contribution in [1.82, 2.24) is 4.31 Å². The van der Waals surface area contributed by atoms with Gasteiger partial charge in [-0.2, -0.15) is 4.31 Å². The molecule has 11 heteroatoms. The Labute approximate surface area is 205 Å². The third kappa shape index (κ3) is 6.89. The fourth-order valence-electron chi connectivity index (χ4n) is 3.92. The summed E-state index contributed by atoms with van der Waals surface area (Å²) in [6.07, 6.45) is 3.44. The lowest BCUT2D eigenvalue weighted by molar-refractivity contribution is -0.170. The Morgan fingerprint density at radius 2 is 1.77 bits per heavy atom. The van der Waals surface area contributed by atoms with Crippen molar-refractivity contribution in [1.29, 1.82) is 0 Å². The van der Waals surface area contributed by atoms with Crippen LogP contribution in [0.2, 0.25) is 0 Å².